The minimum atomic E-state index is -0.669. The second-order valence-electron chi connectivity index (χ2n) is 7.65. The number of hydrogen-bond acceptors (Lipinski definition) is 6. The molecule has 26 heavy (non-hydrogen) atoms. The van der Waals surface area contributed by atoms with E-state index in [1.54, 1.807) is 6.07 Å². The summed E-state index contributed by atoms with van der Waals surface area (Å²) in [5, 5.41) is 21.3. The fraction of sp³-hybridized carbons (Fsp3) is 0.529. The third kappa shape index (κ3) is 3.56. The molecule has 3 rings (SSSR count). The molecule has 2 aromatic heterocycles. The molecule has 0 radical (unpaired) electrons. The molecular formula is C17H23N5O4. The highest BCUT2D eigenvalue weighted by Crippen LogP contribution is 2.26. The summed E-state index contributed by atoms with van der Waals surface area (Å²) < 4.78 is 2.64. The van der Waals surface area contributed by atoms with E-state index < -0.39 is 11.5 Å². The molecule has 0 atom stereocenters. The Morgan fingerprint density at radius 3 is 2.77 bits per heavy atom. The number of aromatic nitrogens is 3. The first-order valence-electron chi connectivity index (χ1n) is 8.44. The molecule has 0 spiro atoms. The van der Waals surface area contributed by atoms with Crippen LogP contribution in [0.2, 0.25) is 0 Å². The summed E-state index contributed by atoms with van der Waals surface area (Å²) in [6, 6.07) is 1.67. The fourth-order valence-corrected chi connectivity index (χ4v) is 2.66. The Bertz CT molecular complexity index is 931. The summed E-state index contributed by atoms with van der Waals surface area (Å²) in [6.45, 7) is 6.37. The van der Waals surface area contributed by atoms with Gasteiger partial charge in [-0.15, -0.1) is 0 Å². The van der Waals surface area contributed by atoms with Crippen molar-refractivity contribution in [2.75, 3.05) is 7.11 Å². The molecular weight excluding hydrogens is 338 g/mol. The topological polar surface area (TPSA) is 110 Å². The van der Waals surface area contributed by atoms with Crippen LogP contribution in [0.4, 0.5) is 0 Å². The number of hydrogen-bond donors (Lipinski definition) is 2. The summed E-state index contributed by atoms with van der Waals surface area (Å²) >= 11 is 0. The lowest BCUT2D eigenvalue weighted by molar-refractivity contribution is 0.0944. The molecule has 0 saturated heterocycles. The predicted octanol–water partition coefficient (Wildman–Crippen LogP) is 1.12. The Balaban J connectivity index is 2.21. The van der Waals surface area contributed by atoms with Crippen molar-refractivity contribution in [3.05, 3.63) is 27.7 Å². The second kappa shape index (κ2) is 6.47. The Labute approximate surface area is 150 Å². The summed E-state index contributed by atoms with van der Waals surface area (Å²) in [4.78, 5) is 29.9. The standard InChI is InChI=1S/C17H23N5O4/c1-17(2,3)9-21-12-7-11(8-18-26-4)20-22(12)16(25)13(15(21)24)14(23)19-10-5-6-10/h7-8,10,24H,5-6,9H2,1-4H3,(H,19,23)/b18-8+. The van der Waals surface area contributed by atoms with Gasteiger partial charge in [0.05, 0.1) is 6.21 Å². The molecule has 140 valence electrons. The van der Waals surface area contributed by atoms with Gasteiger partial charge in [0.15, 0.2) is 5.56 Å². The maximum atomic E-state index is 12.8. The van der Waals surface area contributed by atoms with Crippen molar-refractivity contribution in [1.82, 2.24) is 19.5 Å². The molecule has 1 aliphatic rings. The molecule has 2 N–H and O–H groups in total. The molecule has 1 amide bonds. The van der Waals surface area contributed by atoms with E-state index in [0.29, 0.717) is 17.9 Å². The quantitative estimate of drug-likeness (QED) is 0.612. The largest absolute Gasteiger partial charge is 0.494 e. The van der Waals surface area contributed by atoms with Crippen LogP contribution in [-0.4, -0.2) is 44.6 Å². The minimum absolute atomic E-state index is 0.0649. The van der Waals surface area contributed by atoms with Crippen LogP contribution < -0.4 is 10.9 Å². The van der Waals surface area contributed by atoms with Crippen molar-refractivity contribution in [3.63, 3.8) is 0 Å². The molecule has 1 fully saturated rings. The summed E-state index contributed by atoms with van der Waals surface area (Å²) in [5.41, 5.74) is -0.416. The molecule has 0 aromatic carbocycles. The number of nitrogens with one attached hydrogen (secondary N) is 1. The van der Waals surface area contributed by atoms with E-state index in [0.717, 1.165) is 17.4 Å². The van der Waals surface area contributed by atoms with Gasteiger partial charge >= 0.3 is 0 Å². The highest BCUT2D eigenvalue weighted by Gasteiger charge is 2.30. The maximum absolute atomic E-state index is 12.8. The first kappa shape index (κ1) is 18.0. The van der Waals surface area contributed by atoms with E-state index in [-0.39, 0.29) is 22.9 Å². The summed E-state index contributed by atoms with van der Waals surface area (Å²) in [7, 11) is 1.40. The molecule has 0 bridgehead atoms. The lowest BCUT2D eigenvalue weighted by atomic mass is 9.96. The van der Waals surface area contributed by atoms with Gasteiger partial charge in [0.25, 0.3) is 11.5 Å². The van der Waals surface area contributed by atoms with Gasteiger partial charge in [0.2, 0.25) is 5.88 Å². The number of nitrogens with zero attached hydrogens (tertiary/aromatic N) is 4. The van der Waals surface area contributed by atoms with E-state index in [9.17, 15) is 14.7 Å². The van der Waals surface area contributed by atoms with Crippen LogP contribution >= 0.6 is 0 Å². The van der Waals surface area contributed by atoms with E-state index in [1.165, 1.54) is 17.9 Å². The smallest absolute Gasteiger partial charge is 0.291 e. The van der Waals surface area contributed by atoms with E-state index >= 15 is 0 Å². The van der Waals surface area contributed by atoms with Gasteiger partial charge in [-0.1, -0.05) is 25.9 Å². The van der Waals surface area contributed by atoms with Gasteiger partial charge < -0.3 is 15.3 Å². The van der Waals surface area contributed by atoms with Gasteiger partial charge in [-0.2, -0.15) is 9.61 Å². The van der Waals surface area contributed by atoms with Gasteiger partial charge in [0.1, 0.15) is 18.5 Å². The third-order valence-corrected chi connectivity index (χ3v) is 3.93. The van der Waals surface area contributed by atoms with Crippen LogP contribution in [-0.2, 0) is 11.4 Å². The zero-order valence-electron chi connectivity index (χ0n) is 15.3. The Kier molecular flexibility index (Phi) is 4.47. The molecule has 0 unspecified atom stereocenters. The average molecular weight is 361 g/mol. The maximum Gasteiger partial charge on any atom is 0.291 e. The van der Waals surface area contributed by atoms with E-state index in [4.69, 9.17) is 0 Å². The van der Waals surface area contributed by atoms with Crippen LogP contribution in [0.15, 0.2) is 16.0 Å². The van der Waals surface area contributed by atoms with Crippen molar-refractivity contribution >= 4 is 17.8 Å². The highest BCUT2D eigenvalue weighted by atomic mass is 16.6. The normalized spacial score (nSPS) is 14.9. The lowest BCUT2D eigenvalue weighted by Crippen LogP contribution is -2.35. The molecule has 2 heterocycles. The van der Waals surface area contributed by atoms with Crippen LogP contribution in [0.5, 0.6) is 5.88 Å². The Morgan fingerprint density at radius 1 is 1.50 bits per heavy atom. The van der Waals surface area contributed by atoms with Crippen LogP contribution in [0.1, 0.15) is 49.7 Å². The van der Waals surface area contributed by atoms with Crippen molar-refractivity contribution < 1.29 is 14.7 Å². The molecule has 9 nitrogen and oxygen atoms in total. The molecule has 9 heteroatoms. The molecule has 0 aliphatic heterocycles. The predicted molar refractivity (Wildman–Crippen MR) is 95.7 cm³/mol. The average Bonchev–Trinajstić information content (AvgIpc) is 3.24. The molecule has 2 aromatic rings. The van der Waals surface area contributed by atoms with Gasteiger partial charge in [0, 0.05) is 18.7 Å². The number of carbonyl (C=O) groups excluding carboxylic acids is 1. The van der Waals surface area contributed by atoms with Crippen molar-refractivity contribution in [2.24, 2.45) is 10.6 Å². The summed E-state index contributed by atoms with van der Waals surface area (Å²) in [5.74, 6) is -0.937. The van der Waals surface area contributed by atoms with Gasteiger partial charge in [-0.25, -0.2) is 0 Å². The molecule has 1 saturated carbocycles. The van der Waals surface area contributed by atoms with Crippen molar-refractivity contribution in [2.45, 2.75) is 46.2 Å². The van der Waals surface area contributed by atoms with Crippen LogP contribution in [0.25, 0.3) is 5.65 Å². The minimum Gasteiger partial charge on any atom is -0.494 e. The number of oxime groups is 1. The number of aromatic hydroxyl groups is 1. The SMILES string of the molecule is CO/N=C/c1cc2n(CC(C)(C)C)c(O)c(C(=O)NC3CC3)c(=O)n2n1. The van der Waals surface area contributed by atoms with E-state index in [1.807, 2.05) is 20.8 Å². The zero-order valence-corrected chi connectivity index (χ0v) is 15.3. The first-order valence-corrected chi connectivity index (χ1v) is 8.44. The second-order valence-corrected chi connectivity index (χ2v) is 7.65. The third-order valence-electron chi connectivity index (χ3n) is 3.93. The van der Waals surface area contributed by atoms with Gasteiger partial charge in [-0.05, 0) is 18.3 Å². The molecule has 1 aliphatic carbocycles. The highest BCUT2D eigenvalue weighted by molar-refractivity contribution is 5.96. The number of amides is 1. The van der Waals surface area contributed by atoms with Crippen molar-refractivity contribution in [1.29, 1.82) is 0 Å². The number of rotatable bonds is 5. The summed E-state index contributed by atoms with van der Waals surface area (Å²) in [6.07, 6.45) is 3.11. The monoisotopic (exact) mass is 361 g/mol. The number of carbonyl (C=O) groups is 1. The van der Waals surface area contributed by atoms with Gasteiger partial charge in [-0.3, -0.25) is 14.2 Å². The Hall–Kier alpha value is -2.84. The van der Waals surface area contributed by atoms with E-state index in [2.05, 4.69) is 20.4 Å². The lowest BCUT2D eigenvalue weighted by Gasteiger charge is -2.23. The van der Waals surface area contributed by atoms with Crippen molar-refractivity contribution in [3.8, 4) is 5.88 Å². The first-order chi connectivity index (χ1) is 12.2. The fourth-order valence-electron chi connectivity index (χ4n) is 2.66. The number of fused-ring (bicyclic) bond motifs is 1. The van der Waals surface area contributed by atoms with Crippen LogP contribution in [0.3, 0.4) is 0 Å². The van der Waals surface area contributed by atoms with Crippen LogP contribution in [0, 0.1) is 5.41 Å². The Morgan fingerprint density at radius 2 is 2.19 bits per heavy atom. The zero-order chi connectivity index (χ0) is 19.1.